The monoisotopic (exact) mass is 301 g/mol. The first kappa shape index (κ1) is 11.4. The maximum absolute atomic E-state index is 13.4. The van der Waals surface area contributed by atoms with Crippen LogP contribution in [0, 0.1) is 5.82 Å². The fourth-order valence-electron chi connectivity index (χ4n) is 1.12. The molecule has 82 valence electrons. The van der Waals surface area contributed by atoms with E-state index in [0.717, 1.165) is 0 Å². The molecule has 2 nitrogen and oxygen atoms in total. The van der Waals surface area contributed by atoms with E-state index in [1.807, 2.05) is 0 Å². The lowest BCUT2D eigenvalue weighted by atomic mass is 10.3. The van der Waals surface area contributed by atoms with E-state index in [1.165, 1.54) is 12.3 Å². The molecule has 0 bridgehead atoms. The third-order valence-electron chi connectivity index (χ3n) is 1.78. The highest BCUT2D eigenvalue weighted by molar-refractivity contribution is 9.10. The number of rotatable bonds is 2. The van der Waals surface area contributed by atoms with Crippen LogP contribution in [-0.4, -0.2) is 4.98 Å². The predicted octanol–water partition coefficient (Wildman–Crippen LogP) is 4.43. The minimum atomic E-state index is -0.533. The Hall–Kier alpha value is -1.13. The number of aromatic nitrogens is 1. The van der Waals surface area contributed by atoms with Crippen molar-refractivity contribution in [2.75, 3.05) is 0 Å². The topological polar surface area (TPSA) is 22.1 Å². The second-order valence-electron chi connectivity index (χ2n) is 3.00. The van der Waals surface area contributed by atoms with E-state index in [9.17, 15) is 4.39 Å². The highest BCUT2D eigenvalue weighted by Gasteiger charge is 2.07. The number of benzene rings is 1. The first-order valence-corrected chi connectivity index (χ1v) is 5.57. The first-order valence-electron chi connectivity index (χ1n) is 4.39. The predicted molar refractivity (Wildman–Crippen MR) is 63.4 cm³/mol. The standard InChI is InChI=1S/C11H6BrClFNO/c12-7-4-10(14)11(15-6-7)16-9-3-1-2-8(13)5-9/h1-6H. The van der Waals surface area contributed by atoms with Crippen molar-refractivity contribution in [2.24, 2.45) is 0 Å². The average Bonchev–Trinajstić information content (AvgIpc) is 2.22. The SMILES string of the molecule is Fc1cc(Br)cnc1Oc1cccc(Cl)c1. The van der Waals surface area contributed by atoms with Crippen LogP contribution in [0.5, 0.6) is 11.6 Å². The Kier molecular flexibility index (Phi) is 3.41. The van der Waals surface area contributed by atoms with Crippen LogP contribution in [-0.2, 0) is 0 Å². The molecule has 1 aromatic heterocycles. The molecule has 2 rings (SSSR count). The molecule has 0 fully saturated rings. The molecule has 0 unspecified atom stereocenters. The summed E-state index contributed by atoms with van der Waals surface area (Å²) < 4.78 is 19.2. The minimum absolute atomic E-state index is 0.0783. The van der Waals surface area contributed by atoms with Crippen LogP contribution < -0.4 is 4.74 Å². The molecule has 1 heterocycles. The molecule has 0 aliphatic rings. The maximum atomic E-state index is 13.4. The minimum Gasteiger partial charge on any atom is -0.436 e. The Balaban J connectivity index is 2.27. The van der Waals surface area contributed by atoms with E-state index < -0.39 is 5.82 Å². The largest absolute Gasteiger partial charge is 0.436 e. The third kappa shape index (κ3) is 2.71. The van der Waals surface area contributed by atoms with Crippen molar-refractivity contribution in [1.29, 1.82) is 0 Å². The molecule has 0 atom stereocenters. The summed E-state index contributed by atoms with van der Waals surface area (Å²) in [6, 6.07) is 7.97. The first-order chi connectivity index (χ1) is 7.65. The van der Waals surface area contributed by atoms with Gasteiger partial charge in [-0.15, -0.1) is 0 Å². The molecular weight excluding hydrogens is 296 g/mol. The number of pyridine rings is 1. The molecule has 0 amide bonds. The Labute approximate surface area is 105 Å². The quantitative estimate of drug-likeness (QED) is 0.819. The number of ether oxygens (including phenoxy) is 1. The zero-order valence-electron chi connectivity index (χ0n) is 7.95. The van der Waals surface area contributed by atoms with Gasteiger partial charge in [0.25, 0.3) is 5.88 Å². The van der Waals surface area contributed by atoms with E-state index in [4.69, 9.17) is 16.3 Å². The van der Waals surface area contributed by atoms with E-state index >= 15 is 0 Å². The van der Waals surface area contributed by atoms with Crippen LogP contribution in [0.3, 0.4) is 0 Å². The van der Waals surface area contributed by atoms with Gasteiger partial charge in [0.2, 0.25) is 0 Å². The van der Waals surface area contributed by atoms with Crippen LogP contribution in [0.15, 0.2) is 41.0 Å². The molecule has 0 aliphatic carbocycles. The Bertz CT molecular complexity index is 521. The third-order valence-corrected chi connectivity index (χ3v) is 2.45. The van der Waals surface area contributed by atoms with Crippen LogP contribution in [0.1, 0.15) is 0 Å². The van der Waals surface area contributed by atoms with Gasteiger partial charge in [0, 0.05) is 15.7 Å². The highest BCUT2D eigenvalue weighted by atomic mass is 79.9. The number of hydrogen-bond acceptors (Lipinski definition) is 2. The molecule has 16 heavy (non-hydrogen) atoms. The van der Waals surface area contributed by atoms with Gasteiger partial charge in [-0.2, -0.15) is 0 Å². The fourth-order valence-corrected chi connectivity index (χ4v) is 1.60. The van der Waals surface area contributed by atoms with Gasteiger partial charge in [0.15, 0.2) is 5.82 Å². The molecule has 2 aromatic rings. The van der Waals surface area contributed by atoms with Gasteiger partial charge in [0.05, 0.1) is 0 Å². The van der Waals surface area contributed by atoms with Gasteiger partial charge in [0.1, 0.15) is 5.75 Å². The zero-order valence-corrected chi connectivity index (χ0v) is 10.3. The summed E-state index contributed by atoms with van der Waals surface area (Å²) in [4.78, 5) is 3.82. The van der Waals surface area contributed by atoms with Crippen molar-refractivity contribution in [3.63, 3.8) is 0 Å². The zero-order chi connectivity index (χ0) is 11.5. The summed E-state index contributed by atoms with van der Waals surface area (Å²) in [5.74, 6) is -0.166. The second-order valence-corrected chi connectivity index (χ2v) is 4.35. The Morgan fingerprint density at radius 1 is 1.31 bits per heavy atom. The van der Waals surface area contributed by atoms with Gasteiger partial charge < -0.3 is 4.74 Å². The molecule has 0 spiro atoms. The molecule has 1 aromatic carbocycles. The van der Waals surface area contributed by atoms with Gasteiger partial charge in [-0.25, -0.2) is 9.37 Å². The summed E-state index contributed by atoms with van der Waals surface area (Å²) in [5, 5.41) is 0.523. The van der Waals surface area contributed by atoms with Crippen LogP contribution in [0.25, 0.3) is 0 Å². The lowest BCUT2D eigenvalue weighted by Gasteiger charge is -2.05. The van der Waals surface area contributed by atoms with Crippen LogP contribution in [0.4, 0.5) is 4.39 Å². The highest BCUT2D eigenvalue weighted by Crippen LogP contribution is 2.25. The van der Waals surface area contributed by atoms with Crippen molar-refractivity contribution in [3.8, 4) is 11.6 Å². The lowest BCUT2D eigenvalue weighted by molar-refractivity contribution is 0.422. The number of nitrogens with zero attached hydrogens (tertiary/aromatic N) is 1. The molecule has 5 heteroatoms. The average molecular weight is 303 g/mol. The van der Waals surface area contributed by atoms with Gasteiger partial charge in [-0.05, 0) is 40.2 Å². The Morgan fingerprint density at radius 2 is 2.12 bits per heavy atom. The number of halogens is 3. The van der Waals surface area contributed by atoms with Crippen molar-refractivity contribution in [2.45, 2.75) is 0 Å². The van der Waals surface area contributed by atoms with Crippen molar-refractivity contribution >= 4 is 27.5 Å². The van der Waals surface area contributed by atoms with Crippen LogP contribution >= 0.6 is 27.5 Å². The molecule has 0 aliphatic heterocycles. The van der Waals surface area contributed by atoms with Crippen molar-refractivity contribution < 1.29 is 9.13 Å². The second kappa shape index (κ2) is 4.80. The van der Waals surface area contributed by atoms with Gasteiger partial charge in [-0.1, -0.05) is 17.7 Å². The molecule has 0 saturated heterocycles. The summed E-state index contributed by atoms with van der Waals surface area (Å²) in [5.41, 5.74) is 0. The van der Waals surface area contributed by atoms with Gasteiger partial charge in [-0.3, -0.25) is 0 Å². The normalized spacial score (nSPS) is 10.2. The molecule has 0 radical (unpaired) electrons. The van der Waals surface area contributed by atoms with E-state index in [0.29, 0.717) is 15.2 Å². The van der Waals surface area contributed by atoms with E-state index in [1.54, 1.807) is 24.3 Å². The molecule has 0 N–H and O–H groups in total. The summed E-state index contributed by atoms with van der Waals surface area (Å²) in [6.45, 7) is 0. The summed E-state index contributed by atoms with van der Waals surface area (Å²) >= 11 is 8.89. The van der Waals surface area contributed by atoms with Crippen molar-refractivity contribution in [3.05, 3.63) is 51.8 Å². The molecule has 0 saturated carbocycles. The Morgan fingerprint density at radius 3 is 2.81 bits per heavy atom. The summed E-state index contributed by atoms with van der Waals surface area (Å²) in [6.07, 6.45) is 1.46. The molecular formula is C11H6BrClFNO. The smallest absolute Gasteiger partial charge is 0.255 e. The van der Waals surface area contributed by atoms with E-state index in [2.05, 4.69) is 20.9 Å². The van der Waals surface area contributed by atoms with E-state index in [-0.39, 0.29) is 5.88 Å². The number of hydrogen-bond donors (Lipinski definition) is 0. The maximum Gasteiger partial charge on any atom is 0.255 e. The van der Waals surface area contributed by atoms with Crippen LogP contribution in [0.2, 0.25) is 5.02 Å². The summed E-state index contributed by atoms with van der Waals surface area (Å²) in [7, 11) is 0. The van der Waals surface area contributed by atoms with Gasteiger partial charge >= 0.3 is 0 Å². The van der Waals surface area contributed by atoms with Crippen molar-refractivity contribution in [1.82, 2.24) is 4.98 Å². The fraction of sp³-hybridized carbons (Fsp3) is 0. The lowest BCUT2D eigenvalue weighted by Crippen LogP contribution is -1.91.